The van der Waals surface area contributed by atoms with Crippen LogP contribution in [0.15, 0.2) is 58.4 Å². The number of aromatic nitrogens is 4. The highest BCUT2D eigenvalue weighted by Crippen LogP contribution is 2.19. The molecule has 0 aliphatic rings. The Hall–Kier alpha value is -3.12. The maximum Gasteiger partial charge on any atom is 0.337 e. The molecule has 0 unspecified atom stereocenters. The third-order valence-corrected chi connectivity index (χ3v) is 5.52. The number of benzene rings is 2. The summed E-state index contributed by atoms with van der Waals surface area (Å²) < 4.78 is 4.67. The maximum absolute atomic E-state index is 13.4. The van der Waals surface area contributed by atoms with Crippen molar-refractivity contribution < 1.29 is 0 Å². The van der Waals surface area contributed by atoms with Crippen molar-refractivity contribution in [1.29, 1.82) is 0 Å². The highest BCUT2D eigenvalue weighted by molar-refractivity contribution is 6.30. The summed E-state index contributed by atoms with van der Waals surface area (Å²) in [4.78, 5) is 31.4. The van der Waals surface area contributed by atoms with Crippen LogP contribution in [0.1, 0.15) is 30.5 Å². The van der Waals surface area contributed by atoms with Crippen LogP contribution in [0.25, 0.3) is 16.9 Å². The molecule has 0 aliphatic heterocycles. The quantitative estimate of drug-likeness (QED) is 0.468. The fraction of sp³-hybridized carbons (Fsp3) is 0.292. The van der Waals surface area contributed by atoms with Crippen molar-refractivity contribution in [2.45, 2.75) is 40.8 Å². The van der Waals surface area contributed by atoms with Gasteiger partial charge in [0.25, 0.3) is 5.56 Å². The molecule has 0 radical (unpaired) electrons. The lowest BCUT2D eigenvalue weighted by molar-refractivity contribution is 0.488. The number of nitrogens with zero attached hydrogens (tertiary/aromatic N) is 4. The van der Waals surface area contributed by atoms with Gasteiger partial charge in [-0.1, -0.05) is 55.3 Å². The average molecular weight is 437 g/mol. The molecule has 0 N–H and O–H groups in total. The SMILES string of the molecule is Cc1ccc(-n2c(=O)n(CC(C)C)c(=O)c3c2ncn3Cc2cccc(Cl)c2)c(C)c1. The fourth-order valence-corrected chi connectivity index (χ4v) is 4.14. The van der Waals surface area contributed by atoms with Crippen molar-refractivity contribution >= 4 is 22.8 Å². The molecule has 2 aromatic heterocycles. The molecular weight excluding hydrogens is 412 g/mol. The van der Waals surface area contributed by atoms with Gasteiger partial charge < -0.3 is 4.57 Å². The van der Waals surface area contributed by atoms with Gasteiger partial charge in [0.1, 0.15) is 0 Å². The topological polar surface area (TPSA) is 61.8 Å². The van der Waals surface area contributed by atoms with E-state index in [9.17, 15) is 9.59 Å². The number of hydrogen-bond donors (Lipinski definition) is 0. The third-order valence-electron chi connectivity index (χ3n) is 5.28. The van der Waals surface area contributed by atoms with Gasteiger partial charge in [0.2, 0.25) is 0 Å². The minimum absolute atomic E-state index is 0.139. The largest absolute Gasteiger partial charge is 0.337 e. The van der Waals surface area contributed by atoms with Crippen LogP contribution in [-0.2, 0) is 13.1 Å². The van der Waals surface area contributed by atoms with Crippen LogP contribution in [-0.4, -0.2) is 18.7 Å². The van der Waals surface area contributed by atoms with Gasteiger partial charge >= 0.3 is 5.69 Å². The number of aryl methyl sites for hydroxylation is 2. The molecule has 6 nitrogen and oxygen atoms in total. The van der Waals surface area contributed by atoms with Crippen molar-refractivity contribution in [2.24, 2.45) is 5.92 Å². The van der Waals surface area contributed by atoms with Gasteiger partial charge in [-0.05, 0) is 49.1 Å². The average Bonchev–Trinajstić information content (AvgIpc) is 3.10. The van der Waals surface area contributed by atoms with Crippen LogP contribution in [0.3, 0.4) is 0 Å². The monoisotopic (exact) mass is 436 g/mol. The summed E-state index contributed by atoms with van der Waals surface area (Å²) in [6, 6.07) is 13.4. The van der Waals surface area contributed by atoms with Gasteiger partial charge in [0.15, 0.2) is 11.2 Å². The standard InChI is InChI=1S/C24H25ClN4O2/c1-15(2)12-28-23(30)21-22(26-14-27(21)13-18-6-5-7-19(25)11-18)29(24(28)31)20-9-8-16(3)10-17(20)4/h5-11,14-15H,12-13H2,1-4H3. The van der Waals surface area contributed by atoms with Gasteiger partial charge in [-0.25, -0.2) is 14.3 Å². The smallest absolute Gasteiger partial charge is 0.320 e. The lowest BCUT2D eigenvalue weighted by Gasteiger charge is -2.16. The summed E-state index contributed by atoms with van der Waals surface area (Å²) in [5, 5.41) is 0.631. The Balaban J connectivity index is 2.02. The summed E-state index contributed by atoms with van der Waals surface area (Å²) in [7, 11) is 0. The maximum atomic E-state index is 13.4. The summed E-state index contributed by atoms with van der Waals surface area (Å²) in [6.07, 6.45) is 1.62. The van der Waals surface area contributed by atoms with E-state index in [1.165, 1.54) is 4.57 Å². The molecule has 0 spiro atoms. The second-order valence-electron chi connectivity index (χ2n) is 8.39. The minimum atomic E-state index is -0.369. The van der Waals surface area contributed by atoms with Crippen LogP contribution in [0.4, 0.5) is 0 Å². The lowest BCUT2D eigenvalue weighted by Crippen LogP contribution is -2.41. The Morgan fingerprint density at radius 1 is 1.06 bits per heavy atom. The molecule has 31 heavy (non-hydrogen) atoms. The first-order chi connectivity index (χ1) is 14.8. The van der Waals surface area contributed by atoms with E-state index in [0.29, 0.717) is 29.3 Å². The molecule has 0 saturated carbocycles. The van der Waals surface area contributed by atoms with E-state index in [2.05, 4.69) is 4.98 Å². The zero-order chi connectivity index (χ0) is 22.3. The van der Waals surface area contributed by atoms with Crippen LogP contribution in [0.2, 0.25) is 5.02 Å². The summed E-state index contributed by atoms with van der Waals surface area (Å²) in [5.41, 5.74) is 3.80. The van der Waals surface area contributed by atoms with Crippen molar-refractivity contribution in [1.82, 2.24) is 18.7 Å². The second kappa shape index (κ2) is 8.19. The zero-order valence-electron chi connectivity index (χ0n) is 18.1. The second-order valence-corrected chi connectivity index (χ2v) is 8.83. The molecule has 0 fully saturated rings. The Morgan fingerprint density at radius 3 is 2.52 bits per heavy atom. The molecule has 0 atom stereocenters. The molecule has 2 heterocycles. The molecule has 0 saturated heterocycles. The van der Waals surface area contributed by atoms with Crippen molar-refractivity contribution in [3.05, 3.63) is 91.3 Å². The Kier molecular flexibility index (Phi) is 5.58. The van der Waals surface area contributed by atoms with E-state index < -0.39 is 0 Å². The van der Waals surface area contributed by atoms with Crippen molar-refractivity contribution in [2.75, 3.05) is 0 Å². The van der Waals surface area contributed by atoms with Crippen LogP contribution < -0.4 is 11.2 Å². The third kappa shape index (κ3) is 3.95. The molecular formula is C24H25ClN4O2. The molecule has 0 amide bonds. The van der Waals surface area contributed by atoms with Crippen LogP contribution >= 0.6 is 11.6 Å². The summed E-state index contributed by atoms with van der Waals surface area (Å²) in [5.74, 6) is 0.139. The van der Waals surface area contributed by atoms with E-state index in [1.807, 2.05) is 70.2 Å². The predicted molar refractivity (Wildman–Crippen MR) is 124 cm³/mol. The molecule has 7 heteroatoms. The first kappa shape index (κ1) is 21.1. The number of rotatable bonds is 5. The van der Waals surface area contributed by atoms with Gasteiger partial charge in [-0.2, -0.15) is 0 Å². The molecule has 0 aliphatic carbocycles. The molecule has 4 aromatic rings. The molecule has 0 bridgehead atoms. The Morgan fingerprint density at radius 2 is 1.84 bits per heavy atom. The van der Waals surface area contributed by atoms with Crippen molar-refractivity contribution in [3.8, 4) is 5.69 Å². The number of hydrogen-bond acceptors (Lipinski definition) is 3. The van der Waals surface area contributed by atoms with Crippen LogP contribution in [0.5, 0.6) is 0 Å². The lowest BCUT2D eigenvalue weighted by atomic mass is 10.1. The van der Waals surface area contributed by atoms with Gasteiger partial charge in [0.05, 0.1) is 12.0 Å². The van der Waals surface area contributed by atoms with Gasteiger partial charge in [-0.15, -0.1) is 0 Å². The summed E-state index contributed by atoms with van der Waals surface area (Å²) in [6.45, 7) is 8.71. The number of halogens is 1. The number of fused-ring (bicyclic) bond motifs is 1. The molecule has 2 aromatic carbocycles. The first-order valence-electron chi connectivity index (χ1n) is 10.3. The zero-order valence-corrected chi connectivity index (χ0v) is 18.8. The Bertz CT molecular complexity index is 1400. The highest BCUT2D eigenvalue weighted by Gasteiger charge is 2.20. The van der Waals surface area contributed by atoms with Gasteiger partial charge in [-0.3, -0.25) is 9.36 Å². The molecule has 160 valence electrons. The van der Waals surface area contributed by atoms with Gasteiger partial charge in [0, 0.05) is 18.1 Å². The van der Waals surface area contributed by atoms with E-state index in [0.717, 1.165) is 22.4 Å². The van der Waals surface area contributed by atoms with E-state index in [1.54, 1.807) is 15.5 Å². The first-order valence-corrected chi connectivity index (χ1v) is 10.7. The van der Waals surface area contributed by atoms with Crippen molar-refractivity contribution in [3.63, 3.8) is 0 Å². The Labute approximate surface area is 185 Å². The molecule has 4 rings (SSSR count). The fourth-order valence-electron chi connectivity index (χ4n) is 3.93. The number of imidazole rings is 1. The minimum Gasteiger partial charge on any atom is -0.320 e. The summed E-state index contributed by atoms with van der Waals surface area (Å²) >= 11 is 6.14. The predicted octanol–water partition coefficient (Wildman–Crippen LogP) is 4.32. The van der Waals surface area contributed by atoms with E-state index >= 15 is 0 Å². The van der Waals surface area contributed by atoms with E-state index in [-0.39, 0.29) is 17.2 Å². The highest BCUT2D eigenvalue weighted by atomic mass is 35.5. The van der Waals surface area contributed by atoms with Crippen LogP contribution in [0, 0.1) is 19.8 Å². The van der Waals surface area contributed by atoms with E-state index in [4.69, 9.17) is 11.6 Å². The normalized spacial score (nSPS) is 11.5.